The molecule has 1 heterocycles. The first kappa shape index (κ1) is 18.0. The highest BCUT2D eigenvalue weighted by molar-refractivity contribution is 7.14. The third-order valence-corrected chi connectivity index (χ3v) is 4.96. The highest BCUT2D eigenvalue weighted by Crippen LogP contribution is 2.26. The van der Waals surface area contributed by atoms with Crippen molar-refractivity contribution in [1.82, 2.24) is 0 Å². The number of thiophene rings is 1. The van der Waals surface area contributed by atoms with Crippen molar-refractivity contribution in [3.8, 4) is 11.8 Å². The monoisotopic (exact) mass is 370 g/mol. The van der Waals surface area contributed by atoms with Gasteiger partial charge in [-0.05, 0) is 60.9 Å². The number of benzene rings is 1. The number of nitrogens with one attached hydrogen (secondary N) is 1. The van der Waals surface area contributed by atoms with Gasteiger partial charge in [-0.1, -0.05) is 6.07 Å². The van der Waals surface area contributed by atoms with Crippen LogP contribution in [0.3, 0.4) is 0 Å². The van der Waals surface area contributed by atoms with Gasteiger partial charge in [-0.25, -0.2) is 4.79 Å². The Kier molecular flexibility index (Phi) is 5.54. The minimum Gasteiger partial charge on any atom is -0.482 e. The Morgan fingerprint density at radius 2 is 2.12 bits per heavy atom. The van der Waals surface area contributed by atoms with Crippen LogP contribution in [0.1, 0.15) is 30.0 Å². The van der Waals surface area contributed by atoms with Crippen molar-refractivity contribution in [1.29, 1.82) is 5.26 Å². The summed E-state index contributed by atoms with van der Waals surface area (Å²) in [6, 6.07) is 9.41. The van der Waals surface area contributed by atoms with E-state index < -0.39 is 18.0 Å². The molecule has 0 saturated heterocycles. The molecule has 134 valence electrons. The minimum absolute atomic E-state index is 0.265. The van der Waals surface area contributed by atoms with E-state index in [1.165, 1.54) is 29.4 Å². The summed E-state index contributed by atoms with van der Waals surface area (Å²) in [7, 11) is 0. The fraction of sp³-hybridized carbons (Fsp3) is 0.316. The maximum Gasteiger partial charge on any atom is 0.344 e. The van der Waals surface area contributed by atoms with Crippen LogP contribution in [0.2, 0.25) is 0 Å². The van der Waals surface area contributed by atoms with Gasteiger partial charge in [0.25, 0.3) is 5.91 Å². The average Bonchev–Trinajstić information content (AvgIpc) is 3.27. The zero-order chi connectivity index (χ0) is 18.5. The predicted molar refractivity (Wildman–Crippen MR) is 97.2 cm³/mol. The quantitative estimate of drug-likeness (QED) is 0.790. The maximum absolute atomic E-state index is 12.1. The second-order valence-corrected chi connectivity index (χ2v) is 6.89. The van der Waals surface area contributed by atoms with Crippen molar-refractivity contribution in [3.05, 3.63) is 46.3 Å². The van der Waals surface area contributed by atoms with Crippen molar-refractivity contribution in [2.24, 2.45) is 0 Å². The Morgan fingerprint density at radius 3 is 2.92 bits per heavy atom. The molecule has 1 aromatic heterocycles. The maximum atomic E-state index is 12.1. The van der Waals surface area contributed by atoms with Gasteiger partial charge in [0.1, 0.15) is 16.8 Å². The van der Waals surface area contributed by atoms with E-state index in [9.17, 15) is 9.59 Å². The first-order chi connectivity index (χ1) is 12.6. The Bertz CT molecular complexity index is 869. The molecule has 7 heteroatoms. The molecule has 1 aliphatic carbocycles. The van der Waals surface area contributed by atoms with Gasteiger partial charge in [-0.2, -0.15) is 5.26 Å². The molecule has 0 radical (unpaired) electrons. The highest BCUT2D eigenvalue weighted by Gasteiger charge is 2.20. The van der Waals surface area contributed by atoms with Gasteiger partial charge < -0.3 is 14.8 Å². The number of nitrogens with zero attached hydrogens (tertiary/aromatic N) is 1. The van der Waals surface area contributed by atoms with Crippen LogP contribution in [-0.2, 0) is 27.2 Å². The van der Waals surface area contributed by atoms with E-state index in [4.69, 9.17) is 14.7 Å². The van der Waals surface area contributed by atoms with E-state index in [0.717, 1.165) is 19.3 Å². The fourth-order valence-electron chi connectivity index (χ4n) is 2.77. The smallest absolute Gasteiger partial charge is 0.344 e. The first-order valence-corrected chi connectivity index (χ1v) is 9.17. The van der Waals surface area contributed by atoms with Gasteiger partial charge in [-0.15, -0.1) is 11.3 Å². The molecule has 1 atom stereocenters. The van der Waals surface area contributed by atoms with Crippen LogP contribution < -0.4 is 10.1 Å². The Morgan fingerprint density at radius 1 is 1.31 bits per heavy atom. The first-order valence-electron chi connectivity index (χ1n) is 8.29. The molecular weight excluding hydrogens is 352 g/mol. The summed E-state index contributed by atoms with van der Waals surface area (Å²) in [4.78, 5) is 24.0. The number of nitriles is 1. The summed E-state index contributed by atoms with van der Waals surface area (Å²) in [5.74, 6) is -0.494. The summed E-state index contributed by atoms with van der Waals surface area (Å²) in [5, 5.41) is 13.7. The zero-order valence-electron chi connectivity index (χ0n) is 14.3. The van der Waals surface area contributed by atoms with E-state index >= 15 is 0 Å². The Hall–Kier alpha value is -2.85. The average molecular weight is 370 g/mol. The van der Waals surface area contributed by atoms with Gasteiger partial charge in [-0.3, -0.25) is 4.79 Å². The number of carbonyl (C=O) groups is 2. The third kappa shape index (κ3) is 4.21. The second kappa shape index (κ2) is 8.02. The number of hydrogen-bond acceptors (Lipinski definition) is 6. The van der Waals surface area contributed by atoms with Gasteiger partial charge in [0, 0.05) is 0 Å². The molecule has 0 aliphatic heterocycles. The van der Waals surface area contributed by atoms with E-state index in [0.29, 0.717) is 16.3 Å². The number of amides is 1. The summed E-state index contributed by atoms with van der Waals surface area (Å²) in [6.07, 6.45) is 2.27. The normalized spacial score (nSPS) is 13.4. The zero-order valence-corrected chi connectivity index (χ0v) is 15.1. The number of hydrogen-bond donors (Lipinski definition) is 1. The van der Waals surface area contributed by atoms with Gasteiger partial charge in [0.05, 0.1) is 5.56 Å². The molecule has 0 fully saturated rings. The molecule has 6 nitrogen and oxygen atoms in total. The van der Waals surface area contributed by atoms with Gasteiger partial charge in [0.2, 0.25) is 0 Å². The van der Waals surface area contributed by atoms with Crippen LogP contribution in [0.5, 0.6) is 5.75 Å². The topological polar surface area (TPSA) is 88.4 Å². The number of carbonyl (C=O) groups excluding carboxylic acids is 2. The van der Waals surface area contributed by atoms with Gasteiger partial charge >= 0.3 is 5.97 Å². The van der Waals surface area contributed by atoms with Crippen LogP contribution >= 0.6 is 11.3 Å². The lowest BCUT2D eigenvalue weighted by atomic mass is 10.1. The number of fused-ring (bicyclic) bond motifs is 1. The lowest BCUT2D eigenvalue weighted by molar-refractivity contribution is -0.155. The second-order valence-electron chi connectivity index (χ2n) is 5.97. The van der Waals surface area contributed by atoms with E-state index in [-0.39, 0.29) is 6.61 Å². The fourth-order valence-corrected chi connectivity index (χ4v) is 3.51. The van der Waals surface area contributed by atoms with Crippen molar-refractivity contribution < 1.29 is 19.1 Å². The molecule has 1 unspecified atom stereocenters. The van der Waals surface area contributed by atoms with E-state index in [1.807, 2.05) is 24.3 Å². The summed E-state index contributed by atoms with van der Waals surface area (Å²) in [6.45, 7) is 1.21. The molecule has 1 aliphatic rings. The molecule has 0 bridgehead atoms. The minimum atomic E-state index is -0.986. The largest absolute Gasteiger partial charge is 0.482 e. The van der Waals surface area contributed by atoms with Crippen LogP contribution in [0, 0.1) is 11.3 Å². The Labute approximate surface area is 155 Å². The molecule has 3 rings (SSSR count). The molecule has 1 aromatic carbocycles. The number of aryl methyl sites for hydroxylation is 2. The standard InChI is InChI=1S/C19H18N2O4S/c1-12(18(23)21-19-15(10-20)7-8-26-19)25-17(22)11-24-16-6-5-13-3-2-4-14(13)9-16/h5-9,12H,2-4,11H2,1H3,(H,21,23). The number of anilines is 1. The lowest BCUT2D eigenvalue weighted by Gasteiger charge is -2.13. The summed E-state index contributed by atoms with van der Waals surface area (Å²) < 4.78 is 10.6. The molecule has 0 saturated carbocycles. The molecule has 2 aromatic rings. The van der Waals surface area contributed by atoms with Crippen LogP contribution in [0.15, 0.2) is 29.6 Å². The molecular formula is C19H18N2O4S. The number of rotatable bonds is 6. The Balaban J connectivity index is 1.48. The predicted octanol–water partition coefficient (Wildman–Crippen LogP) is 3.06. The summed E-state index contributed by atoms with van der Waals surface area (Å²) >= 11 is 1.24. The van der Waals surface area contributed by atoms with Crippen molar-refractivity contribution in [2.75, 3.05) is 11.9 Å². The third-order valence-electron chi connectivity index (χ3n) is 4.13. The summed E-state index contributed by atoms with van der Waals surface area (Å²) in [5.41, 5.74) is 2.96. The van der Waals surface area contributed by atoms with E-state index in [2.05, 4.69) is 5.32 Å². The lowest BCUT2D eigenvalue weighted by Crippen LogP contribution is -2.31. The molecule has 1 amide bonds. The molecule has 1 N–H and O–H groups in total. The highest BCUT2D eigenvalue weighted by atomic mass is 32.1. The SMILES string of the molecule is CC(OC(=O)COc1ccc2c(c1)CCC2)C(=O)Nc1sccc1C#N. The van der Waals surface area contributed by atoms with Crippen LogP contribution in [0.4, 0.5) is 5.00 Å². The van der Waals surface area contributed by atoms with Crippen molar-refractivity contribution >= 4 is 28.2 Å². The van der Waals surface area contributed by atoms with Gasteiger partial charge in [0.15, 0.2) is 12.7 Å². The van der Waals surface area contributed by atoms with Crippen LogP contribution in [-0.4, -0.2) is 24.6 Å². The number of ether oxygens (including phenoxy) is 2. The van der Waals surface area contributed by atoms with Crippen molar-refractivity contribution in [2.45, 2.75) is 32.3 Å². The van der Waals surface area contributed by atoms with Crippen molar-refractivity contribution in [3.63, 3.8) is 0 Å². The van der Waals surface area contributed by atoms with E-state index in [1.54, 1.807) is 11.4 Å². The molecule has 26 heavy (non-hydrogen) atoms. The molecule has 0 spiro atoms. The number of esters is 1. The van der Waals surface area contributed by atoms with Crippen LogP contribution in [0.25, 0.3) is 0 Å².